The van der Waals surface area contributed by atoms with Crippen molar-refractivity contribution in [3.8, 4) is 5.75 Å². The summed E-state index contributed by atoms with van der Waals surface area (Å²) in [5, 5.41) is 12.6. The van der Waals surface area contributed by atoms with Gasteiger partial charge >= 0.3 is 0 Å². The Bertz CT molecular complexity index is 899. The predicted molar refractivity (Wildman–Crippen MR) is 95.7 cm³/mol. The molecular formula is C16H18N2O5S2. The molecule has 25 heavy (non-hydrogen) atoms. The predicted octanol–water partition coefficient (Wildman–Crippen LogP) is 2.05. The maximum absolute atomic E-state index is 13.0. The summed E-state index contributed by atoms with van der Waals surface area (Å²) in [7, 11) is -3.77. The van der Waals surface area contributed by atoms with Gasteiger partial charge in [-0.3, -0.25) is 9.10 Å². The lowest BCUT2D eigenvalue weighted by molar-refractivity contribution is -0.130. The number of benzene rings is 1. The number of hydrogen-bond acceptors (Lipinski definition) is 6. The fraction of sp³-hybridized carbons (Fsp3) is 0.312. The van der Waals surface area contributed by atoms with Crippen LogP contribution in [0.1, 0.15) is 13.8 Å². The Balaban J connectivity index is 1.89. The van der Waals surface area contributed by atoms with Gasteiger partial charge in [0, 0.05) is 0 Å². The Morgan fingerprint density at radius 1 is 1.28 bits per heavy atom. The number of carbonyl (C=O) groups is 1. The van der Waals surface area contributed by atoms with E-state index in [9.17, 15) is 18.3 Å². The minimum atomic E-state index is -3.77. The largest absolute Gasteiger partial charge is 0.489 e. The first-order valence-electron chi connectivity index (χ1n) is 7.58. The zero-order valence-electron chi connectivity index (χ0n) is 13.7. The highest BCUT2D eigenvalue weighted by Crippen LogP contribution is 2.37. The first kappa shape index (κ1) is 17.7. The molecule has 0 radical (unpaired) electrons. The average Bonchev–Trinajstić information content (AvgIpc) is 3.02. The van der Waals surface area contributed by atoms with Gasteiger partial charge in [0.15, 0.2) is 0 Å². The molecule has 134 valence electrons. The van der Waals surface area contributed by atoms with Gasteiger partial charge in [-0.15, -0.1) is 11.3 Å². The third kappa shape index (κ3) is 3.48. The molecule has 2 heterocycles. The van der Waals surface area contributed by atoms with Crippen molar-refractivity contribution in [1.29, 1.82) is 0 Å². The lowest BCUT2D eigenvalue weighted by Crippen LogP contribution is -2.37. The van der Waals surface area contributed by atoms with Crippen molar-refractivity contribution in [2.45, 2.75) is 23.7 Å². The molecule has 0 spiro atoms. The van der Waals surface area contributed by atoms with E-state index in [1.807, 2.05) is 0 Å². The van der Waals surface area contributed by atoms with Crippen molar-refractivity contribution in [2.24, 2.45) is 0 Å². The standard InChI is InChI=1S/C16H18N2O5S2/c1-16(2,20)15(19)17-13-7-8-14(24-13)25(21,22)18-9-10-23-12-6-4-3-5-11(12)18/h3-8,20H,9-10H2,1-2H3,(H,17,19). The van der Waals surface area contributed by atoms with E-state index in [0.717, 1.165) is 11.3 Å². The SMILES string of the molecule is CC(C)(O)C(=O)Nc1ccc(S(=O)(=O)N2CCOc3ccccc32)s1. The molecule has 2 aromatic rings. The maximum Gasteiger partial charge on any atom is 0.274 e. The van der Waals surface area contributed by atoms with Gasteiger partial charge in [0.05, 0.1) is 17.2 Å². The second kappa shape index (κ2) is 6.32. The third-order valence-corrected chi connectivity index (χ3v) is 6.89. The number of ether oxygens (including phenoxy) is 1. The number of para-hydroxylation sites is 2. The number of amides is 1. The van der Waals surface area contributed by atoms with E-state index >= 15 is 0 Å². The Kier molecular flexibility index (Phi) is 4.48. The van der Waals surface area contributed by atoms with Gasteiger partial charge in [0.2, 0.25) is 0 Å². The molecule has 9 heteroatoms. The van der Waals surface area contributed by atoms with Crippen molar-refractivity contribution in [3.63, 3.8) is 0 Å². The number of carbonyl (C=O) groups excluding carboxylic acids is 1. The van der Waals surface area contributed by atoms with Crippen molar-refractivity contribution in [1.82, 2.24) is 0 Å². The second-order valence-corrected chi connectivity index (χ2v) is 9.20. The monoisotopic (exact) mass is 382 g/mol. The first-order valence-corrected chi connectivity index (χ1v) is 9.83. The molecule has 0 atom stereocenters. The minimum absolute atomic E-state index is 0.107. The normalized spacial score (nSPS) is 14.6. The second-order valence-electron chi connectivity index (χ2n) is 6.03. The molecular weight excluding hydrogens is 364 g/mol. The van der Waals surface area contributed by atoms with Gasteiger partial charge in [0.25, 0.3) is 15.9 Å². The quantitative estimate of drug-likeness (QED) is 0.844. The van der Waals surface area contributed by atoms with E-state index in [0.29, 0.717) is 16.4 Å². The van der Waals surface area contributed by atoms with Crippen LogP contribution in [0.3, 0.4) is 0 Å². The van der Waals surface area contributed by atoms with E-state index in [1.165, 1.54) is 30.3 Å². The Hall–Kier alpha value is -2.10. The molecule has 0 fully saturated rings. The molecule has 1 aliphatic rings. The molecule has 1 aliphatic heterocycles. The van der Waals surface area contributed by atoms with Crippen molar-refractivity contribution in [3.05, 3.63) is 36.4 Å². The topological polar surface area (TPSA) is 95.9 Å². The summed E-state index contributed by atoms with van der Waals surface area (Å²) in [5.41, 5.74) is -1.06. The summed E-state index contributed by atoms with van der Waals surface area (Å²) in [6.07, 6.45) is 0. The van der Waals surface area contributed by atoms with Crippen molar-refractivity contribution in [2.75, 3.05) is 22.8 Å². The average molecular weight is 382 g/mol. The van der Waals surface area contributed by atoms with Crippen molar-refractivity contribution >= 4 is 38.0 Å². The minimum Gasteiger partial charge on any atom is -0.489 e. The number of sulfonamides is 1. The van der Waals surface area contributed by atoms with Crippen LogP contribution < -0.4 is 14.4 Å². The highest BCUT2D eigenvalue weighted by atomic mass is 32.2. The van der Waals surface area contributed by atoms with Crippen LogP contribution in [0.25, 0.3) is 0 Å². The van der Waals surface area contributed by atoms with E-state index < -0.39 is 21.5 Å². The Labute approximate surface area is 149 Å². The molecule has 7 nitrogen and oxygen atoms in total. The molecule has 0 saturated carbocycles. The molecule has 1 amide bonds. The van der Waals surface area contributed by atoms with Crippen LogP contribution in [0.15, 0.2) is 40.6 Å². The summed E-state index contributed by atoms with van der Waals surface area (Å²) >= 11 is 0.939. The van der Waals surface area contributed by atoms with Gasteiger partial charge in [-0.25, -0.2) is 8.42 Å². The van der Waals surface area contributed by atoms with Crippen LogP contribution in [0.4, 0.5) is 10.7 Å². The van der Waals surface area contributed by atoms with Crippen molar-refractivity contribution < 1.29 is 23.1 Å². The maximum atomic E-state index is 13.0. The van der Waals surface area contributed by atoms with Crippen LogP contribution in [0.2, 0.25) is 0 Å². The van der Waals surface area contributed by atoms with Crippen LogP contribution >= 0.6 is 11.3 Å². The van der Waals surface area contributed by atoms with Gasteiger partial charge in [-0.1, -0.05) is 12.1 Å². The number of aliphatic hydroxyl groups is 1. The van der Waals surface area contributed by atoms with E-state index in [-0.39, 0.29) is 17.4 Å². The number of rotatable bonds is 4. The number of fused-ring (bicyclic) bond motifs is 1. The summed E-state index contributed by atoms with van der Waals surface area (Å²) in [5.74, 6) is -0.0838. The molecule has 2 N–H and O–H groups in total. The van der Waals surface area contributed by atoms with Gasteiger partial charge in [-0.2, -0.15) is 0 Å². The highest BCUT2D eigenvalue weighted by molar-refractivity contribution is 7.94. The van der Waals surface area contributed by atoms with E-state index in [1.54, 1.807) is 24.3 Å². The molecule has 0 aliphatic carbocycles. The molecule has 0 unspecified atom stereocenters. The number of anilines is 2. The van der Waals surface area contributed by atoms with Crippen LogP contribution in [-0.2, 0) is 14.8 Å². The van der Waals surface area contributed by atoms with Crippen LogP contribution in [0, 0.1) is 0 Å². The summed E-state index contributed by atoms with van der Waals surface area (Å²) in [4.78, 5) is 11.8. The van der Waals surface area contributed by atoms with E-state index in [4.69, 9.17) is 4.74 Å². The zero-order valence-corrected chi connectivity index (χ0v) is 15.4. The molecule has 3 rings (SSSR count). The fourth-order valence-electron chi connectivity index (χ4n) is 2.29. The lowest BCUT2D eigenvalue weighted by Gasteiger charge is -2.29. The van der Waals surface area contributed by atoms with Gasteiger partial charge in [-0.05, 0) is 38.1 Å². The van der Waals surface area contributed by atoms with Crippen LogP contribution in [0.5, 0.6) is 5.75 Å². The Morgan fingerprint density at radius 3 is 2.72 bits per heavy atom. The number of nitrogens with one attached hydrogen (secondary N) is 1. The van der Waals surface area contributed by atoms with Gasteiger partial charge in [0.1, 0.15) is 22.2 Å². The summed E-state index contributed by atoms with van der Waals surface area (Å²) < 4.78 is 32.8. The molecule has 0 bridgehead atoms. The summed E-state index contributed by atoms with van der Waals surface area (Å²) in [6.45, 7) is 3.20. The Morgan fingerprint density at radius 2 is 2.00 bits per heavy atom. The molecule has 0 saturated heterocycles. The first-order chi connectivity index (χ1) is 11.7. The molecule has 1 aromatic carbocycles. The third-order valence-electron chi connectivity index (χ3n) is 3.60. The fourth-order valence-corrected chi connectivity index (χ4v) is 5.07. The smallest absolute Gasteiger partial charge is 0.274 e. The number of hydrogen-bond donors (Lipinski definition) is 2. The summed E-state index contributed by atoms with van der Waals surface area (Å²) in [6, 6.07) is 9.90. The number of nitrogens with zero attached hydrogens (tertiary/aromatic N) is 1. The zero-order chi connectivity index (χ0) is 18.2. The highest BCUT2D eigenvalue weighted by Gasteiger charge is 2.31. The van der Waals surface area contributed by atoms with E-state index in [2.05, 4.69) is 5.32 Å². The van der Waals surface area contributed by atoms with Crippen LogP contribution in [-0.4, -0.2) is 38.2 Å². The lowest BCUT2D eigenvalue weighted by atomic mass is 10.1. The number of thiophene rings is 1. The molecule has 1 aromatic heterocycles. The van der Waals surface area contributed by atoms with Gasteiger partial charge < -0.3 is 15.2 Å².